The van der Waals surface area contributed by atoms with Gasteiger partial charge in [0, 0.05) is 25.0 Å². The van der Waals surface area contributed by atoms with Crippen LogP contribution in [0, 0.1) is 0 Å². The van der Waals surface area contributed by atoms with E-state index >= 15 is 0 Å². The fourth-order valence-corrected chi connectivity index (χ4v) is 3.15. The minimum Gasteiger partial charge on any atom is -0.497 e. The number of carbonyl (C=O) groups is 1. The summed E-state index contributed by atoms with van der Waals surface area (Å²) in [6.07, 6.45) is 0.380. The van der Waals surface area contributed by atoms with E-state index in [9.17, 15) is 4.79 Å². The number of ether oxygens (including phenoxy) is 1. The van der Waals surface area contributed by atoms with E-state index in [1.54, 1.807) is 7.11 Å². The Kier molecular flexibility index (Phi) is 6.23. The molecular formula is C19H23ClN2O2. The Balaban J connectivity index is 0.00000208. The first-order valence-corrected chi connectivity index (χ1v) is 7.88. The van der Waals surface area contributed by atoms with E-state index in [1.807, 2.05) is 47.4 Å². The zero-order valence-corrected chi connectivity index (χ0v) is 14.5. The lowest BCUT2D eigenvalue weighted by molar-refractivity contribution is -0.129. The molecule has 0 bridgehead atoms. The third-order valence-corrected chi connectivity index (χ3v) is 4.44. The average Bonchev–Trinajstić information content (AvgIpc) is 2.98. The highest BCUT2D eigenvalue weighted by Crippen LogP contribution is 2.27. The van der Waals surface area contributed by atoms with Crippen molar-refractivity contribution in [2.24, 2.45) is 5.73 Å². The number of halogens is 1. The van der Waals surface area contributed by atoms with Crippen molar-refractivity contribution in [3.8, 4) is 5.75 Å². The van der Waals surface area contributed by atoms with Crippen molar-refractivity contribution in [1.29, 1.82) is 0 Å². The molecular weight excluding hydrogens is 324 g/mol. The second-order valence-corrected chi connectivity index (χ2v) is 6.01. The van der Waals surface area contributed by atoms with Gasteiger partial charge in [0.25, 0.3) is 0 Å². The minimum atomic E-state index is -0.00772. The van der Waals surface area contributed by atoms with Gasteiger partial charge in [-0.1, -0.05) is 42.5 Å². The van der Waals surface area contributed by atoms with Crippen molar-refractivity contribution in [1.82, 2.24) is 4.90 Å². The van der Waals surface area contributed by atoms with E-state index in [2.05, 4.69) is 12.1 Å². The maximum absolute atomic E-state index is 12.6. The number of hydrogen-bond donors (Lipinski definition) is 1. The van der Waals surface area contributed by atoms with E-state index in [0.29, 0.717) is 19.5 Å². The van der Waals surface area contributed by atoms with Crippen LogP contribution in [0.4, 0.5) is 0 Å². The van der Waals surface area contributed by atoms with E-state index in [-0.39, 0.29) is 30.3 Å². The largest absolute Gasteiger partial charge is 0.497 e. The Morgan fingerprint density at radius 1 is 1.17 bits per heavy atom. The zero-order valence-electron chi connectivity index (χ0n) is 13.7. The van der Waals surface area contributed by atoms with Crippen molar-refractivity contribution in [3.63, 3.8) is 0 Å². The summed E-state index contributed by atoms with van der Waals surface area (Å²) >= 11 is 0. The number of methoxy groups -OCH3 is 1. The Morgan fingerprint density at radius 2 is 1.92 bits per heavy atom. The number of nitrogens with zero attached hydrogens (tertiary/aromatic N) is 1. The third-order valence-electron chi connectivity index (χ3n) is 4.44. The van der Waals surface area contributed by atoms with Crippen molar-refractivity contribution >= 4 is 18.3 Å². The molecule has 2 N–H and O–H groups in total. The summed E-state index contributed by atoms with van der Waals surface area (Å²) < 4.78 is 5.21. The van der Waals surface area contributed by atoms with Crippen LogP contribution in [0.3, 0.4) is 0 Å². The van der Waals surface area contributed by atoms with Gasteiger partial charge in [-0.25, -0.2) is 0 Å². The van der Waals surface area contributed by atoms with Gasteiger partial charge in [0.15, 0.2) is 0 Å². The van der Waals surface area contributed by atoms with Gasteiger partial charge in [-0.2, -0.15) is 0 Å². The number of hydrogen-bond acceptors (Lipinski definition) is 3. The maximum Gasteiger partial charge on any atom is 0.227 e. The molecule has 24 heavy (non-hydrogen) atoms. The van der Waals surface area contributed by atoms with Gasteiger partial charge < -0.3 is 15.4 Å². The molecule has 1 aliphatic rings. The summed E-state index contributed by atoms with van der Waals surface area (Å²) in [7, 11) is 1.63. The van der Waals surface area contributed by atoms with Crippen molar-refractivity contribution in [2.45, 2.75) is 18.4 Å². The molecule has 2 atom stereocenters. The normalized spacial score (nSPS) is 19.7. The highest BCUT2D eigenvalue weighted by Gasteiger charge is 2.33. The monoisotopic (exact) mass is 346 g/mol. The van der Waals surface area contributed by atoms with Crippen molar-refractivity contribution in [2.75, 3.05) is 20.2 Å². The molecule has 0 spiro atoms. The topological polar surface area (TPSA) is 55.6 Å². The van der Waals surface area contributed by atoms with Gasteiger partial charge in [-0.15, -0.1) is 12.4 Å². The molecule has 1 aliphatic heterocycles. The molecule has 1 saturated heterocycles. The average molecular weight is 347 g/mol. The molecule has 2 aromatic carbocycles. The number of benzene rings is 2. The van der Waals surface area contributed by atoms with Crippen molar-refractivity contribution < 1.29 is 9.53 Å². The fraction of sp³-hybridized carbons (Fsp3) is 0.316. The van der Waals surface area contributed by atoms with Crippen LogP contribution in [0.25, 0.3) is 0 Å². The highest BCUT2D eigenvalue weighted by atomic mass is 35.5. The SMILES string of the molecule is COc1cccc(CC(=O)N2C[C@@H](N)[C@H](c3ccccc3)C2)c1.Cl. The zero-order chi connectivity index (χ0) is 16.2. The van der Waals surface area contributed by atoms with Crippen LogP contribution < -0.4 is 10.5 Å². The number of amides is 1. The predicted molar refractivity (Wildman–Crippen MR) is 97.7 cm³/mol. The van der Waals surface area contributed by atoms with Crippen LogP contribution in [0.1, 0.15) is 17.0 Å². The van der Waals surface area contributed by atoms with Crippen LogP contribution in [-0.2, 0) is 11.2 Å². The Morgan fingerprint density at radius 3 is 2.62 bits per heavy atom. The van der Waals surface area contributed by atoms with E-state index in [1.165, 1.54) is 5.56 Å². The molecule has 4 nitrogen and oxygen atoms in total. The molecule has 0 radical (unpaired) electrons. The second kappa shape index (κ2) is 8.18. The van der Waals surface area contributed by atoms with Gasteiger partial charge in [-0.3, -0.25) is 4.79 Å². The van der Waals surface area contributed by atoms with E-state index in [0.717, 1.165) is 11.3 Å². The van der Waals surface area contributed by atoms with Gasteiger partial charge in [0.05, 0.1) is 13.5 Å². The molecule has 3 rings (SSSR count). The summed E-state index contributed by atoms with van der Waals surface area (Å²) in [4.78, 5) is 14.4. The standard InChI is InChI=1S/C19H22N2O2.ClH/c1-23-16-9-5-6-14(10-16)11-19(22)21-12-17(18(20)13-21)15-7-3-2-4-8-15;/h2-10,17-18H,11-13,20H2,1H3;1H/t17-,18+;/m0./s1. The van der Waals surface area contributed by atoms with Gasteiger partial charge >= 0.3 is 0 Å². The van der Waals surface area contributed by atoms with Crippen LogP contribution in [0.2, 0.25) is 0 Å². The molecule has 1 amide bonds. The molecule has 0 unspecified atom stereocenters. The van der Waals surface area contributed by atoms with Crippen LogP contribution >= 0.6 is 12.4 Å². The molecule has 5 heteroatoms. The summed E-state index contributed by atoms with van der Waals surface area (Å²) in [5.74, 6) is 1.10. The first kappa shape index (κ1) is 18.3. The summed E-state index contributed by atoms with van der Waals surface area (Å²) in [5, 5.41) is 0. The lowest BCUT2D eigenvalue weighted by Crippen LogP contribution is -2.33. The van der Waals surface area contributed by atoms with Gasteiger partial charge in [0.2, 0.25) is 5.91 Å². The van der Waals surface area contributed by atoms with Crippen LogP contribution in [0.15, 0.2) is 54.6 Å². The lowest BCUT2D eigenvalue weighted by atomic mass is 9.95. The summed E-state index contributed by atoms with van der Waals surface area (Å²) in [6, 6.07) is 17.8. The lowest BCUT2D eigenvalue weighted by Gasteiger charge is -2.17. The predicted octanol–water partition coefficient (Wildman–Crippen LogP) is 2.61. The first-order chi connectivity index (χ1) is 11.2. The number of carbonyl (C=O) groups excluding carboxylic acids is 1. The summed E-state index contributed by atoms with van der Waals surface area (Å²) in [6.45, 7) is 1.30. The number of rotatable bonds is 4. The molecule has 2 aromatic rings. The van der Waals surface area contributed by atoms with Gasteiger partial charge in [0.1, 0.15) is 5.75 Å². The highest BCUT2D eigenvalue weighted by molar-refractivity contribution is 5.85. The molecule has 1 fully saturated rings. The van der Waals surface area contributed by atoms with E-state index < -0.39 is 0 Å². The molecule has 0 saturated carbocycles. The molecule has 0 aliphatic carbocycles. The van der Waals surface area contributed by atoms with Crippen LogP contribution in [0.5, 0.6) is 5.75 Å². The first-order valence-electron chi connectivity index (χ1n) is 7.88. The van der Waals surface area contributed by atoms with Crippen molar-refractivity contribution in [3.05, 3.63) is 65.7 Å². The minimum absolute atomic E-state index is 0. The Hall–Kier alpha value is -2.04. The summed E-state index contributed by atoms with van der Waals surface area (Å²) in [5.41, 5.74) is 8.43. The molecule has 0 aromatic heterocycles. The third kappa shape index (κ3) is 4.08. The quantitative estimate of drug-likeness (QED) is 0.925. The van der Waals surface area contributed by atoms with E-state index in [4.69, 9.17) is 10.5 Å². The number of likely N-dealkylation sites (tertiary alicyclic amines) is 1. The maximum atomic E-state index is 12.6. The molecule has 128 valence electrons. The number of nitrogens with two attached hydrogens (primary N) is 1. The van der Waals surface area contributed by atoms with Gasteiger partial charge in [-0.05, 0) is 23.3 Å². The fourth-order valence-electron chi connectivity index (χ4n) is 3.15. The second-order valence-electron chi connectivity index (χ2n) is 6.01. The molecule has 1 heterocycles. The van der Waals surface area contributed by atoms with Crippen LogP contribution in [-0.4, -0.2) is 37.0 Å². The smallest absolute Gasteiger partial charge is 0.227 e. The Bertz CT molecular complexity index is 678. The Labute approximate surface area is 149 Å².